The second-order valence-electron chi connectivity index (χ2n) is 4.23. The average molecular weight is 253 g/mol. The molecule has 0 aliphatic rings. The van der Waals surface area contributed by atoms with Gasteiger partial charge in [-0.05, 0) is 20.0 Å². The lowest BCUT2D eigenvalue weighted by molar-refractivity contribution is 0.252. The molecule has 4 nitrogen and oxygen atoms in total. The summed E-state index contributed by atoms with van der Waals surface area (Å²) in [6.45, 7) is 3.55. The number of nitrogens with zero attached hydrogens (tertiary/aromatic N) is 2. The molecule has 1 rings (SSSR count). The molecular weight excluding hydrogens is 234 g/mol. The van der Waals surface area contributed by atoms with Gasteiger partial charge in [0.25, 0.3) is 5.56 Å². The zero-order chi connectivity index (χ0) is 12.8. The van der Waals surface area contributed by atoms with E-state index in [0.717, 1.165) is 6.54 Å². The fourth-order valence-electron chi connectivity index (χ4n) is 1.58. The summed E-state index contributed by atoms with van der Waals surface area (Å²) >= 11 is 4.89. The highest BCUT2D eigenvalue weighted by Crippen LogP contribution is 2.01. The molecule has 94 valence electrons. The number of likely N-dealkylation sites (N-methyl/N-ethyl adjacent to an activating group) is 1. The standard InChI is InChI=1S/C12H19N3OS/c1-10(9-11(13)17)14(2)7-8-15-6-4-3-5-12(15)16/h3-6,10H,7-9H2,1-2H3,(H2,13,17). The SMILES string of the molecule is CC(CC(N)=S)N(C)CCn1ccccc1=O. The summed E-state index contributed by atoms with van der Waals surface area (Å²) in [6.07, 6.45) is 2.50. The van der Waals surface area contributed by atoms with Gasteiger partial charge in [-0.25, -0.2) is 0 Å². The largest absolute Gasteiger partial charge is 0.393 e. The second-order valence-corrected chi connectivity index (χ2v) is 4.76. The van der Waals surface area contributed by atoms with Crippen LogP contribution in [0.25, 0.3) is 0 Å². The van der Waals surface area contributed by atoms with Gasteiger partial charge in [-0.1, -0.05) is 18.3 Å². The average Bonchev–Trinajstić information content (AvgIpc) is 2.26. The van der Waals surface area contributed by atoms with Gasteiger partial charge >= 0.3 is 0 Å². The number of rotatable bonds is 6. The smallest absolute Gasteiger partial charge is 0.250 e. The van der Waals surface area contributed by atoms with Crippen molar-refractivity contribution in [3.05, 3.63) is 34.7 Å². The van der Waals surface area contributed by atoms with Crippen molar-refractivity contribution in [2.45, 2.75) is 25.9 Å². The van der Waals surface area contributed by atoms with Crippen molar-refractivity contribution in [3.8, 4) is 0 Å². The molecule has 0 aliphatic heterocycles. The molecule has 0 saturated carbocycles. The minimum absolute atomic E-state index is 0.0305. The third kappa shape index (κ3) is 4.66. The van der Waals surface area contributed by atoms with Crippen molar-refractivity contribution in [2.24, 2.45) is 5.73 Å². The Morgan fingerprint density at radius 2 is 2.29 bits per heavy atom. The van der Waals surface area contributed by atoms with Gasteiger partial charge in [-0.15, -0.1) is 0 Å². The van der Waals surface area contributed by atoms with E-state index < -0.39 is 0 Å². The van der Waals surface area contributed by atoms with Crippen molar-refractivity contribution < 1.29 is 0 Å². The van der Waals surface area contributed by atoms with E-state index in [2.05, 4.69) is 11.8 Å². The van der Waals surface area contributed by atoms with E-state index >= 15 is 0 Å². The Kier molecular flexibility index (Phi) is 5.31. The van der Waals surface area contributed by atoms with Crippen LogP contribution in [0.5, 0.6) is 0 Å². The van der Waals surface area contributed by atoms with Gasteiger partial charge in [0.15, 0.2) is 0 Å². The minimum Gasteiger partial charge on any atom is -0.393 e. The van der Waals surface area contributed by atoms with E-state index in [1.54, 1.807) is 22.9 Å². The number of nitrogens with two attached hydrogens (primary N) is 1. The summed E-state index contributed by atoms with van der Waals surface area (Å²) in [7, 11) is 2.01. The number of hydrogen-bond acceptors (Lipinski definition) is 3. The third-order valence-electron chi connectivity index (χ3n) is 2.84. The Hall–Kier alpha value is -1.20. The molecule has 0 radical (unpaired) electrons. The Morgan fingerprint density at radius 3 is 2.88 bits per heavy atom. The molecule has 0 amide bonds. The second kappa shape index (κ2) is 6.51. The van der Waals surface area contributed by atoms with Crippen LogP contribution in [0.3, 0.4) is 0 Å². The summed E-state index contributed by atoms with van der Waals surface area (Å²) in [5.41, 5.74) is 5.54. The minimum atomic E-state index is 0.0305. The topological polar surface area (TPSA) is 51.3 Å². The Morgan fingerprint density at radius 1 is 1.59 bits per heavy atom. The van der Waals surface area contributed by atoms with Gasteiger partial charge in [-0.3, -0.25) is 4.79 Å². The van der Waals surface area contributed by atoms with Gasteiger partial charge in [0, 0.05) is 37.8 Å². The van der Waals surface area contributed by atoms with E-state index in [9.17, 15) is 4.79 Å². The molecule has 5 heteroatoms. The van der Waals surface area contributed by atoms with Crippen molar-refractivity contribution in [1.29, 1.82) is 0 Å². The summed E-state index contributed by atoms with van der Waals surface area (Å²) < 4.78 is 1.70. The molecule has 1 atom stereocenters. The van der Waals surface area contributed by atoms with Crippen LogP contribution in [0.2, 0.25) is 0 Å². The first-order valence-corrected chi connectivity index (χ1v) is 6.05. The quantitative estimate of drug-likeness (QED) is 0.764. The monoisotopic (exact) mass is 253 g/mol. The van der Waals surface area contributed by atoms with E-state index in [4.69, 9.17) is 18.0 Å². The van der Waals surface area contributed by atoms with E-state index in [0.29, 0.717) is 24.0 Å². The summed E-state index contributed by atoms with van der Waals surface area (Å²) in [4.78, 5) is 14.2. The number of thiocarbonyl (C=S) groups is 1. The number of hydrogen-bond donors (Lipinski definition) is 1. The highest BCUT2D eigenvalue weighted by atomic mass is 32.1. The molecule has 0 spiro atoms. The molecule has 0 aliphatic carbocycles. The molecule has 2 N–H and O–H groups in total. The molecule has 0 aromatic carbocycles. The highest BCUT2D eigenvalue weighted by Gasteiger charge is 2.09. The van der Waals surface area contributed by atoms with Crippen LogP contribution in [0.1, 0.15) is 13.3 Å². The molecule has 1 aromatic rings. The van der Waals surface area contributed by atoms with Gasteiger partial charge in [0.05, 0.1) is 4.99 Å². The van der Waals surface area contributed by atoms with Crippen LogP contribution in [0.4, 0.5) is 0 Å². The van der Waals surface area contributed by atoms with Gasteiger partial charge in [-0.2, -0.15) is 0 Å². The lowest BCUT2D eigenvalue weighted by Crippen LogP contribution is -2.36. The fourth-order valence-corrected chi connectivity index (χ4v) is 1.82. The lowest BCUT2D eigenvalue weighted by atomic mass is 10.2. The maximum absolute atomic E-state index is 11.5. The van der Waals surface area contributed by atoms with Crippen LogP contribution in [-0.2, 0) is 6.54 Å². The van der Waals surface area contributed by atoms with Crippen molar-refractivity contribution in [2.75, 3.05) is 13.6 Å². The Balaban J connectivity index is 2.48. The van der Waals surface area contributed by atoms with Crippen molar-refractivity contribution in [3.63, 3.8) is 0 Å². The van der Waals surface area contributed by atoms with Crippen molar-refractivity contribution in [1.82, 2.24) is 9.47 Å². The van der Waals surface area contributed by atoms with Gasteiger partial charge in [0.2, 0.25) is 0 Å². The number of aromatic nitrogens is 1. The van der Waals surface area contributed by atoms with Gasteiger partial charge in [0.1, 0.15) is 0 Å². The van der Waals surface area contributed by atoms with E-state index in [1.807, 2.05) is 13.1 Å². The maximum Gasteiger partial charge on any atom is 0.250 e. The molecule has 0 saturated heterocycles. The maximum atomic E-state index is 11.5. The van der Waals surface area contributed by atoms with E-state index in [1.165, 1.54) is 0 Å². The molecule has 17 heavy (non-hydrogen) atoms. The highest BCUT2D eigenvalue weighted by molar-refractivity contribution is 7.80. The van der Waals surface area contributed by atoms with Gasteiger partial charge < -0.3 is 15.2 Å². The molecule has 1 heterocycles. The zero-order valence-electron chi connectivity index (χ0n) is 10.3. The summed E-state index contributed by atoms with van der Waals surface area (Å²) in [5, 5.41) is 0. The first-order chi connectivity index (χ1) is 8.00. The summed E-state index contributed by atoms with van der Waals surface area (Å²) in [6, 6.07) is 5.47. The van der Waals surface area contributed by atoms with E-state index in [-0.39, 0.29) is 5.56 Å². The molecular formula is C12H19N3OS. The first-order valence-electron chi connectivity index (χ1n) is 5.64. The van der Waals surface area contributed by atoms with Crippen molar-refractivity contribution >= 4 is 17.2 Å². The normalized spacial score (nSPS) is 12.6. The zero-order valence-corrected chi connectivity index (χ0v) is 11.1. The lowest BCUT2D eigenvalue weighted by Gasteiger charge is -2.24. The molecule has 1 unspecified atom stereocenters. The molecule has 0 bridgehead atoms. The van der Waals surface area contributed by atoms with Crippen LogP contribution < -0.4 is 11.3 Å². The first kappa shape index (κ1) is 13.9. The predicted octanol–water partition coefficient (Wildman–Crippen LogP) is 0.845. The number of pyridine rings is 1. The third-order valence-corrected chi connectivity index (χ3v) is 3.01. The Bertz CT molecular complexity index is 430. The van der Waals surface area contributed by atoms with Crippen LogP contribution in [0.15, 0.2) is 29.2 Å². The van der Waals surface area contributed by atoms with Crippen LogP contribution >= 0.6 is 12.2 Å². The molecule has 1 aromatic heterocycles. The van der Waals surface area contributed by atoms with Crippen LogP contribution in [0, 0.1) is 0 Å². The predicted molar refractivity (Wildman–Crippen MR) is 74.2 cm³/mol. The summed E-state index contributed by atoms with van der Waals surface area (Å²) in [5.74, 6) is 0. The Labute approximate surface area is 107 Å². The van der Waals surface area contributed by atoms with Crippen LogP contribution in [-0.4, -0.2) is 34.1 Å². The molecule has 0 fully saturated rings. The fraction of sp³-hybridized carbons (Fsp3) is 0.500.